The predicted octanol–water partition coefficient (Wildman–Crippen LogP) is 2.71. The van der Waals surface area contributed by atoms with Crippen LogP contribution in [0.15, 0.2) is 42.5 Å². The molecule has 9 heteroatoms. The number of ether oxygens (including phenoxy) is 3. The lowest BCUT2D eigenvalue weighted by Crippen LogP contribution is -2.26. The Labute approximate surface area is 166 Å². The van der Waals surface area contributed by atoms with Crippen molar-refractivity contribution in [3.63, 3.8) is 0 Å². The topological polar surface area (TPSA) is 108 Å². The van der Waals surface area contributed by atoms with Gasteiger partial charge in [-0.25, -0.2) is 0 Å². The average molecular weight is 400 g/mol. The van der Waals surface area contributed by atoms with E-state index >= 15 is 0 Å². The molecule has 0 spiro atoms. The van der Waals surface area contributed by atoms with E-state index in [0.717, 1.165) is 0 Å². The van der Waals surface area contributed by atoms with Gasteiger partial charge < -0.3 is 19.1 Å². The number of anilines is 1. The van der Waals surface area contributed by atoms with E-state index in [0.29, 0.717) is 22.7 Å². The number of carbonyl (C=O) groups excluding carboxylic acids is 2. The molecule has 1 fully saturated rings. The Bertz CT molecular complexity index is 944. The second-order valence-corrected chi connectivity index (χ2v) is 6.48. The molecule has 29 heavy (non-hydrogen) atoms. The third-order valence-corrected chi connectivity index (χ3v) is 4.64. The molecule has 0 aromatic heterocycles. The SMILES string of the molecule is COc1ccc(N2C[C@@H](C(=O)OCc3cccc([N+](=O)[O-])c3)CC2=O)c(OC)c1. The molecule has 1 aliphatic rings. The van der Waals surface area contributed by atoms with Crippen LogP contribution in [-0.2, 0) is 20.9 Å². The zero-order chi connectivity index (χ0) is 21.0. The summed E-state index contributed by atoms with van der Waals surface area (Å²) >= 11 is 0. The number of non-ortho nitro benzene ring substituents is 1. The lowest BCUT2D eigenvalue weighted by atomic mass is 10.1. The van der Waals surface area contributed by atoms with Crippen LogP contribution in [-0.4, -0.2) is 37.6 Å². The minimum absolute atomic E-state index is 0.0168. The molecular weight excluding hydrogens is 380 g/mol. The first-order valence-electron chi connectivity index (χ1n) is 8.85. The number of nitrogens with zero attached hydrogens (tertiary/aromatic N) is 2. The van der Waals surface area contributed by atoms with E-state index in [9.17, 15) is 19.7 Å². The molecule has 1 heterocycles. The van der Waals surface area contributed by atoms with Gasteiger partial charge in [-0.05, 0) is 17.7 Å². The van der Waals surface area contributed by atoms with Crippen LogP contribution in [0.4, 0.5) is 11.4 Å². The van der Waals surface area contributed by atoms with Crippen molar-refractivity contribution in [1.29, 1.82) is 0 Å². The van der Waals surface area contributed by atoms with E-state index in [-0.39, 0.29) is 31.2 Å². The van der Waals surface area contributed by atoms with Crippen LogP contribution >= 0.6 is 0 Å². The summed E-state index contributed by atoms with van der Waals surface area (Å²) in [5.41, 5.74) is 0.977. The van der Waals surface area contributed by atoms with Crippen LogP contribution in [0.25, 0.3) is 0 Å². The standard InChI is InChI=1S/C20H20N2O7/c1-27-16-6-7-17(18(10-16)28-2)21-11-14(9-19(21)23)20(24)29-12-13-4-3-5-15(8-13)22(25)26/h3-8,10,14H,9,11-12H2,1-2H3/t14-/m0/s1. The number of benzene rings is 2. The van der Waals surface area contributed by atoms with Gasteiger partial charge in [0.2, 0.25) is 5.91 Å². The lowest BCUT2D eigenvalue weighted by molar-refractivity contribution is -0.384. The van der Waals surface area contributed by atoms with Crippen LogP contribution in [0.2, 0.25) is 0 Å². The molecule has 3 rings (SSSR count). The molecule has 2 aromatic carbocycles. The van der Waals surface area contributed by atoms with Crippen LogP contribution in [0.3, 0.4) is 0 Å². The molecule has 1 atom stereocenters. The summed E-state index contributed by atoms with van der Waals surface area (Å²) in [5.74, 6) is -0.327. The van der Waals surface area contributed by atoms with Gasteiger partial charge in [0.25, 0.3) is 5.69 Å². The Morgan fingerprint density at radius 2 is 2.00 bits per heavy atom. The van der Waals surface area contributed by atoms with E-state index < -0.39 is 16.8 Å². The monoisotopic (exact) mass is 400 g/mol. The van der Waals surface area contributed by atoms with Gasteiger partial charge in [-0.1, -0.05) is 12.1 Å². The van der Waals surface area contributed by atoms with Crippen molar-refractivity contribution >= 4 is 23.3 Å². The molecular formula is C20H20N2O7. The van der Waals surface area contributed by atoms with Crippen LogP contribution in [0.5, 0.6) is 11.5 Å². The highest BCUT2D eigenvalue weighted by Crippen LogP contribution is 2.36. The summed E-state index contributed by atoms with van der Waals surface area (Å²) in [6.07, 6.45) is 0.0168. The Hall–Kier alpha value is -3.62. The van der Waals surface area contributed by atoms with Gasteiger partial charge in [0.1, 0.15) is 18.1 Å². The maximum Gasteiger partial charge on any atom is 0.311 e. The largest absolute Gasteiger partial charge is 0.497 e. The minimum atomic E-state index is -0.631. The highest BCUT2D eigenvalue weighted by molar-refractivity contribution is 6.00. The van der Waals surface area contributed by atoms with Gasteiger partial charge >= 0.3 is 5.97 Å². The number of nitro groups is 1. The van der Waals surface area contributed by atoms with Crippen molar-refractivity contribution in [2.75, 3.05) is 25.7 Å². The van der Waals surface area contributed by atoms with E-state index in [1.54, 1.807) is 24.3 Å². The van der Waals surface area contributed by atoms with Crippen molar-refractivity contribution in [3.8, 4) is 11.5 Å². The molecule has 0 bridgehead atoms. The Kier molecular flexibility index (Phi) is 5.96. The maximum absolute atomic E-state index is 12.5. The molecule has 1 amide bonds. The van der Waals surface area contributed by atoms with Gasteiger partial charge in [0.05, 0.1) is 30.7 Å². The molecule has 152 valence electrons. The third-order valence-electron chi connectivity index (χ3n) is 4.64. The molecule has 0 N–H and O–H groups in total. The van der Waals surface area contributed by atoms with Crippen LogP contribution in [0, 0.1) is 16.0 Å². The molecule has 2 aromatic rings. The summed E-state index contributed by atoms with van der Waals surface area (Å²) in [5, 5.41) is 10.8. The Balaban J connectivity index is 1.66. The van der Waals surface area contributed by atoms with Gasteiger partial charge in [0.15, 0.2) is 0 Å². The number of rotatable bonds is 7. The number of amides is 1. The third kappa shape index (κ3) is 4.45. The maximum atomic E-state index is 12.5. The summed E-state index contributed by atoms with van der Waals surface area (Å²) in [6.45, 7) is 0.0619. The zero-order valence-corrected chi connectivity index (χ0v) is 16.0. The Morgan fingerprint density at radius 3 is 2.69 bits per heavy atom. The van der Waals surface area contributed by atoms with E-state index in [2.05, 4.69) is 0 Å². The van der Waals surface area contributed by atoms with Crippen molar-refractivity contribution in [1.82, 2.24) is 0 Å². The summed E-state index contributed by atoms with van der Waals surface area (Å²) in [7, 11) is 3.02. The molecule has 9 nitrogen and oxygen atoms in total. The van der Waals surface area contributed by atoms with Gasteiger partial charge in [-0.3, -0.25) is 19.7 Å². The van der Waals surface area contributed by atoms with Gasteiger partial charge in [0, 0.05) is 31.2 Å². The number of methoxy groups -OCH3 is 2. The first-order chi connectivity index (χ1) is 13.9. The predicted molar refractivity (Wildman–Crippen MR) is 103 cm³/mol. The quantitative estimate of drug-likeness (QED) is 0.399. The number of esters is 1. The van der Waals surface area contributed by atoms with Crippen LogP contribution in [0.1, 0.15) is 12.0 Å². The fraction of sp³-hybridized carbons (Fsp3) is 0.300. The van der Waals surface area contributed by atoms with Crippen molar-refractivity contribution in [3.05, 3.63) is 58.1 Å². The smallest absolute Gasteiger partial charge is 0.311 e. The first kappa shape index (κ1) is 20.1. The lowest BCUT2D eigenvalue weighted by Gasteiger charge is -2.20. The highest BCUT2D eigenvalue weighted by Gasteiger charge is 2.37. The average Bonchev–Trinajstić information content (AvgIpc) is 3.13. The highest BCUT2D eigenvalue weighted by atomic mass is 16.6. The van der Waals surface area contributed by atoms with Crippen molar-refractivity contribution in [2.45, 2.75) is 13.0 Å². The number of nitro benzene ring substituents is 1. The van der Waals surface area contributed by atoms with Crippen molar-refractivity contribution in [2.24, 2.45) is 5.92 Å². The van der Waals surface area contributed by atoms with E-state index in [1.165, 1.54) is 37.3 Å². The second-order valence-electron chi connectivity index (χ2n) is 6.48. The second kappa shape index (κ2) is 8.59. The van der Waals surface area contributed by atoms with Gasteiger partial charge in [-0.2, -0.15) is 0 Å². The van der Waals surface area contributed by atoms with Crippen LogP contribution < -0.4 is 14.4 Å². The van der Waals surface area contributed by atoms with E-state index in [1.807, 2.05) is 0 Å². The Morgan fingerprint density at radius 1 is 1.21 bits per heavy atom. The molecule has 0 aliphatic carbocycles. The fourth-order valence-corrected chi connectivity index (χ4v) is 3.14. The number of hydrogen-bond donors (Lipinski definition) is 0. The summed E-state index contributed by atoms with van der Waals surface area (Å²) in [6, 6.07) is 10.9. The molecule has 0 saturated carbocycles. The van der Waals surface area contributed by atoms with E-state index in [4.69, 9.17) is 14.2 Å². The fourth-order valence-electron chi connectivity index (χ4n) is 3.14. The summed E-state index contributed by atoms with van der Waals surface area (Å²) in [4.78, 5) is 36.7. The normalized spacial score (nSPS) is 15.9. The molecule has 1 saturated heterocycles. The van der Waals surface area contributed by atoms with Gasteiger partial charge in [-0.15, -0.1) is 0 Å². The molecule has 1 aliphatic heterocycles. The first-order valence-corrected chi connectivity index (χ1v) is 8.85. The number of carbonyl (C=O) groups is 2. The number of hydrogen-bond acceptors (Lipinski definition) is 7. The summed E-state index contributed by atoms with van der Waals surface area (Å²) < 4.78 is 15.8. The van der Waals surface area contributed by atoms with Crippen molar-refractivity contribution < 1.29 is 28.7 Å². The zero-order valence-electron chi connectivity index (χ0n) is 16.0. The minimum Gasteiger partial charge on any atom is -0.497 e. The molecule has 0 radical (unpaired) electrons. The molecule has 0 unspecified atom stereocenters.